The van der Waals surface area contributed by atoms with Crippen LogP contribution in [-0.4, -0.2) is 45.0 Å². The van der Waals surface area contributed by atoms with Crippen LogP contribution in [0.3, 0.4) is 0 Å². The Morgan fingerprint density at radius 2 is 1.86 bits per heavy atom. The van der Waals surface area contributed by atoms with E-state index in [2.05, 4.69) is 4.72 Å². The molecule has 1 aliphatic heterocycles. The number of sulfonamides is 1. The van der Waals surface area contributed by atoms with Crippen LogP contribution in [0.1, 0.15) is 58.3 Å². The summed E-state index contributed by atoms with van der Waals surface area (Å²) < 4.78 is 37.6. The van der Waals surface area contributed by atoms with E-state index >= 15 is 0 Å². The largest absolute Gasteiger partial charge is 0.376 e. The Morgan fingerprint density at radius 1 is 1.18 bits per heavy atom. The first kappa shape index (κ1) is 17.7. The first-order chi connectivity index (χ1) is 10.5. The topological polar surface area (TPSA) is 81.7 Å². The number of ether oxygens (including phenoxy) is 2. The monoisotopic (exact) mass is 333 g/mol. The predicted octanol–water partition coefficient (Wildman–Crippen LogP) is 1.74. The molecule has 1 amide bonds. The fourth-order valence-electron chi connectivity index (χ4n) is 2.95. The smallest absolute Gasteiger partial charge is 0.262 e. The number of rotatable bonds is 6. The molecule has 22 heavy (non-hydrogen) atoms. The van der Waals surface area contributed by atoms with Crippen molar-refractivity contribution in [2.75, 3.05) is 13.2 Å². The fourth-order valence-corrected chi connectivity index (χ4v) is 4.52. The molecule has 2 atom stereocenters. The molecular weight excluding hydrogens is 306 g/mol. The number of nitrogens with one attached hydrogen (secondary N) is 1. The van der Waals surface area contributed by atoms with E-state index in [4.69, 9.17) is 9.47 Å². The van der Waals surface area contributed by atoms with Crippen molar-refractivity contribution in [2.24, 2.45) is 0 Å². The molecule has 0 radical (unpaired) electrons. The van der Waals surface area contributed by atoms with E-state index in [1.807, 2.05) is 0 Å². The summed E-state index contributed by atoms with van der Waals surface area (Å²) in [5, 5.41) is -0.445. The second-order valence-corrected chi connectivity index (χ2v) is 8.20. The Balaban J connectivity index is 1.77. The molecule has 2 aliphatic rings. The minimum atomic E-state index is -3.58. The van der Waals surface area contributed by atoms with Crippen molar-refractivity contribution in [3.8, 4) is 0 Å². The highest BCUT2D eigenvalue weighted by atomic mass is 32.2. The third-order valence-corrected chi connectivity index (χ3v) is 6.24. The molecule has 2 fully saturated rings. The molecule has 0 spiro atoms. The first-order valence-electron chi connectivity index (χ1n) is 8.28. The fraction of sp³-hybridized carbons (Fsp3) is 0.933. The van der Waals surface area contributed by atoms with Crippen LogP contribution in [0, 0.1) is 0 Å². The van der Waals surface area contributed by atoms with Gasteiger partial charge in [0.05, 0.1) is 18.0 Å². The lowest BCUT2D eigenvalue weighted by molar-refractivity contribution is -0.133. The molecule has 1 heterocycles. The second kappa shape index (κ2) is 8.26. The van der Waals surface area contributed by atoms with Crippen molar-refractivity contribution in [3.05, 3.63) is 0 Å². The van der Waals surface area contributed by atoms with Gasteiger partial charge in [0.1, 0.15) is 6.10 Å². The molecule has 1 aliphatic carbocycles. The Kier molecular flexibility index (Phi) is 6.65. The third-order valence-electron chi connectivity index (χ3n) is 4.41. The summed E-state index contributed by atoms with van der Waals surface area (Å²) >= 11 is 0. The Labute approximate surface area is 133 Å². The zero-order valence-electron chi connectivity index (χ0n) is 13.3. The van der Waals surface area contributed by atoms with Gasteiger partial charge in [-0.25, -0.2) is 8.42 Å². The van der Waals surface area contributed by atoms with Gasteiger partial charge in [-0.2, -0.15) is 0 Å². The minimum Gasteiger partial charge on any atom is -0.376 e. The van der Waals surface area contributed by atoms with Gasteiger partial charge in [0.15, 0.2) is 0 Å². The summed E-state index contributed by atoms with van der Waals surface area (Å²) in [6, 6.07) is 0. The van der Waals surface area contributed by atoms with Gasteiger partial charge in [0.2, 0.25) is 10.0 Å². The number of carbonyl (C=O) groups is 1. The van der Waals surface area contributed by atoms with Crippen LogP contribution in [0.4, 0.5) is 0 Å². The molecule has 7 heteroatoms. The second-order valence-electron chi connectivity index (χ2n) is 6.24. The van der Waals surface area contributed by atoms with Gasteiger partial charge in [0.25, 0.3) is 5.91 Å². The van der Waals surface area contributed by atoms with Crippen LogP contribution in [-0.2, 0) is 24.3 Å². The van der Waals surface area contributed by atoms with Gasteiger partial charge in [-0.3, -0.25) is 9.52 Å². The van der Waals surface area contributed by atoms with E-state index < -0.39 is 27.3 Å². The molecule has 6 nitrogen and oxygen atoms in total. The summed E-state index contributed by atoms with van der Waals surface area (Å²) in [5.74, 6) is -0.582. The van der Waals surface area contributed by atoms with Crippen LogP contribution in [0.25, 0.3) is 0 Å². The van der Waals surface area contributed by atoms with Crippen molar-refractivity contribution in [1.29, 1.82) is 0 Å². The van der Waals surface area contributed by atoms with Crippen molar-refractivity contribution < 1.29 is 22.7 Å². The molecule has 0 unspecified atom stereocenters. The maximum absolute atomic E-state index is 12.2. The van der Waals surface area contributed by atoms with Crippen LogP contribution >= 0.6 is 0 Å². The normalized spacial score (nSPS) is 25.6. The number of amides is 1. The molecule has 0 aromatic heterocycles. The molecule has 0 aromatic carbocycles. The average Bonchev–Trinajstić information content (AvgIpc) is 2.54. The van der Waals surface area contributed by atoms with Crippen molar-refractivity contribution in [3.63, 3.8) is 0 Å². The van der Waals surface area contributed by atoms with E-state index in [-0.39, 0.29) is 6.10 Å². The van der Waals surface area contributed by atoms with Crippen molar-refractivity contribution in [2.45, 2.75) is 75.7 Å². The standard InChI is InChI=1S/C15H27NO5S/c1-12(21-11-13-7-5-6-10-20-13)15(17)16-22(18,19)14-8-3-2-4-9-14/h12-14H,2-11H2,1H3,(H,16,17)/t12-,13+/m0/s1. The summed E-state index contributed by atoms with van der Waals surface area (Å²) in [6.07, 6.45) is 6.46. The van der Waals surface area contributed by atoms with Crippen LogP contribution in [0.15, 0.2) is 0 Å². The lowest BCUT2D eigenvalue weighted by Gasteiger charge is -2.25. The van der Waals surface area contributed by atoms with Gasteiger partial charge in [-0.1, -0.05) is 19.3 Å². The highest BCUT2D eigenvalue weighted by molar-refractivity contribution is 7.90. The quantitative estimate of drug-likeness (QED) is 0.800. The zero-order valence-corrected chi connectivity index (χ0v) is 14.1. The SMILES string of the molecule is C[C@H](OC[C@H]1CCCCO1)C(=O)NS(=O)(=O)C1CCCCC1. The third kappa shape index (κ3) is 5.21. The summed E-state index contributed by atoms with van der Waals surface area (Å²) in [7, 11) is -3.58. The predicted molar refractivity (Wildman–Crippen MR) is 82.9 cm³/mol. The minimum absolute atomic E-state index is 0.0129. The number of hydrogen-bond donors (Lipinski definition) is 1. The molecule has 0 aromatic rings. The van der Waals surface area contributed by atoms with Gasteiger partial charge < -0.3 is 9.47 Å². The van der Waals surface area contributed by atoms with E-state index in [1.54, 1.807) is 6.92 Å². The van der Waals surface area contributed by atoms with E-state index in [0.29, 0.717) is 19.4 Å². The highest BCUT2D eigenvalue weighted by Crippen LogP contribution is 2.23. The van der Waals surface area contributed by atoms with Crippen LogP contribution in [0.5, 0.6) is 0 Å². The average molecular weight is 333 g/mol. The summed E-state index contributed by atoms with van der Waals surface area (Å²) in [4.78, 5) is 12.0. The lowest BCUT2D eigenvalue weighted by atomic mass is 10.0. The molecule has 1 saturated carbocycles. The molecule has 0 bridgehead atoms. The molecule has 1 N–H and O–H groups in total. The summed E-state index contributed by atoms with van der Waals surface area (Å²) in [6.45, 7) is 2.64. The zero-order chi connectivity index (χ0) is 16.0. The first-order valence-corrected chi connectivity index (χ1v) is 9.82. The number of carbonyl (C=O) groups excluding carboxylic acids is 1. The van der Waals surface area contributed by atoms with E-state index in [1.165, 1.54) is 0 Å². The van der Waals surface area contributed by atoms with Crippen molar-refractivity contribution in [1.82, 2.24) is 4.72 Å². The van der Waals surface area contributed by atoms with Crippen molar-refractivity contribution >= 4 is 15.9 Å². The molecule has 128 valence electrons. The molecular formula is C15H27NO5S. The Bertz CT molecular complexity index is 453. The van der Waals surface area contributed by atoms with Crippen LogP contribution in [0.2, 0.25) is 0 Å². The summed E-state index contributed by atoms with van der Waals surface area (Å²) in [5.41, 5.74) is 0. The lowest BCUT2D eigenvalue weighted by Crippen LogP contribution is -2.44. The van der Waals surface area contributed by atoms with Gasteiger partial charge >= 0.3 is 0 Å². The Morgan fingerprint density at radius 3 is 2.50 bits per heavy atom. The van der Waals surface area contributed by atoms with Crippen LogP contribution < -0.4 is 4.72 Å². The molecule has 1 saturated heterocycles. The van der Waals surface area contributed by atoms with Gasteiger partial charge in [-0.15, -0.1) is 0 Å². The van der Waals surface area contributed by atoms with Gasteiger partial charge in [0, 0.05) is 6.61 Å². The molecule has 2 rings (SSSR count). The van der Waals surface area contributed by atoms with Gasteiger partial charge in [-0.05, 0) is 39.0 Å². The number of hydrogen-bond acceptors (Lipinski definition) is 5. The van der Waals surface area contributed by atoms with E-state index in [0.717, 1.165) is 45.1 Å². The highest BCUT2D eigenvalue weighted by Gasteiger charge is 2.30. The maximum Gasteiger partial charge on any atom is 0.262 e. The van der Waals surface area contributed by atoms with E-state index in [9.17, 15) is 13.2 Å². The Hall–Kier alpha value is -0.660. The maximum atomic E-state index is 12.2.